The highest BCUT2D eigenvalue weighted by Crippen LogP contribution is 2.94. The van der Waals surface area contributed by atoms with Crippen LogP contribution < -0.4 is 0 Å². The Balaban J connectivity index is 1.71. The van der Waals surface area contributed by atoms with Crippen LogP contribution >= 0.6 is 17.2 Å². The van der Waals surface area contributed by atoms with E-state index in [2.05, 4.69) is 253 Å². The highest BCUT2D eigenvalue weighted by atomic mass is 31.2. The van der Waals surface area contributed by atoms with Crippen molar-refractivity contribution in [3.05, 3.63) is 140 Å². The third kappa shape index (κ3) is 8.92. The fourth-order valence-electron chi connectivity index (χ4n) is 14.4. The Labute approximate surface area is 512 Å². The molecular formula is C71H102O12P2. The number of benzene rings is 4. The first-order chi connectivity index (χ1) is 38.4. The third-order valence-corrected chi connectivity index (χ3v) is 21.2. The summed E-state index contributed by atoms with van der Waals surface area (Å²) in [5, 5.41) is 24.8. The average molecular weight is 1210 g/mol. The molecule has 12 rings (SSSR count). The minimum Gasteiger partial charge on any atom is -0.396 e. The number of rotatable bonds is 8. The predicted molar refractivity (Wildman–Crippen MR) is 337 cm³/mol. The number of hydrogen-bond donors (Lipinski definition) is 2. The number of aliphatic hydroxyl groups excluding tert-OH is 2. The molecule has 0 aliphatic carbocycles. The molecule has 85 heavy (non-hydrogen) atoms. The molecule has 12 nitrogen and oxygen atoms in total. The van der Waals surface area contributed by atoms with Crippen LogP contribution in [0.2, 0.25) is 0 Å². The molecular weight excluding hydrogens is 1110 g/mol. The lowest BCUT2D eigenvalue weighted by atomic mass is 9.48. The van der Waals surface area contributed by atoms with E-state index in [0.717, 1.165) is 61.2 Å². The fourth-order valence-corrected chi connectivity index (χ4v) is 17.1. The maximum absolute atomic E-state index is 13.1. The lowest BCUT2D eigenvalue weighted by molar-refractivity contribution is -0.736. The molecule has 4 aromatic rings. The molecule has 8 aliphatic heterocycles. The van der Waals surface area contributed by atoms with Crippen molar-refractivity contribution in [1.82, 2.24) is 0 Å². The monoisotopic (exact) mass is 1210 g/mol. The van der Waals surface area contributed by atoms with Gasteiger partial charge in [0.25, 0.3) is 0 Å². The highest BCUT2D eigenvalue weighted by molar-refractivity contribution is 7.43. The van der Waals surface area contributed by atoms with E-state index in [4.69, 9.17) is 41.4 Å². The zero-order chi connectivity index (χ0) is 63.6. The summed E-state index contributed by atoms with van der Waals surface area (Å²) in [5.41, 5.74) is -2.31. The number of ether oxygens (including phenoxy) is 4. The summed E-state index contributed by atoms with van der Waals surface area (Å²) in [6, 6.07) is 26.2. The third-order valence-electron chi connectivity index (χ3n) is 18.8. The van der Waals surface area contributed by atoms with Crippen LogP contribution in [0.15, 0.2) is 72.8 Å². The fraction of sp³-hybridized carbons (Fsp3) is 0.662. The van der Waals surface area contributed by atoms with Gasteiger partial charge in [0.1, 0.15) is 0 Å². The highest BCUT2D eigenvalue weighted by Gasteiger charge is 3.05. The van der Waals surface area contributed by atoms with E-state index in [1.807, 2.05) is 13.8 Å². The lowest BCUT2D eigenvalue weighted by Gasteiger charge is -2.82. The van der Waals surface area contributed by atoms with E-state index < -0.39 is 125 Å². The standard InChI is InChI=1S/C71H102O12P2/c1-55(2,3)43-33-29-34-44(56(4,5)6)51(43)65(52-45(57(7,8)9)35-30-36-46(52)58(10,11)12)68-67(54-49(61(19,20)21)39-32-40-50(54)62(22,23)24,78-84-80-70(68,81-84)76-69(64(27,28)42-73)77-71(68)82-85(79-69)83-71)75-66(74-65,63(25,26)41-72)53-47(59(13,14)15)37-31-38-48(53)60(16,17)18/h29-40,72-73H,41-42H2,1-28H3. The van der Waals surface area contributed by atoms with Gasteiger partial charge in [-0.3, -0.25) is 36.6 Å². The zero-order valence-electron chi connectivity index (χ0n) is 56.7. The summed E-state index contributed by atoms with van der Waals surface area (Å²) in [7, 11) is -4.81. The number of hydrogen-bond acceptors (Lipinski definition) is 12. The maximum Gasteiger partial charge on any atom is 0.346 e. The van der Waals surface area contributed by atoms with Crippen LogP contribution in [-0.4, -0.2) is 41.3 Å². The minimum atomic E-state index is -2.46. The van der Waals surface area contributed by atoms with E-state index in [-0.39, 0.29) is 0 Å². The van der Waals surface area contributed by atoms with Crippen LogP contribution in [0.3, 0.4) is 0 Å². The van der Waals surface area contributed by atoms with Gasteiger partial charge in [-0.05, 0) is 113 Å². The quantitative estimate of drug-likeness (QED) is 0.163. The molecule has 0 radical (unpaired) electrons. The number of aliphatic hydroxyl groups is 2. The Morgan fingerprint density at radius 2 is 0.588 bits per heavy atom. The molecule has 4 atom stereocenters. The second kappa shape index (κ2) is 19.2. The molecule has 0 aromatic heterocycles. The molecule has 468 valence electrons. The van der Waals surface area contributed by atoms with Crippen LogP contribution in [0.1, 0.15) is 261 Å². The normalized spacial score (nSPS) is 30.7. The molecule has 3 spiro atoms. The average Bonchev–Trinajstić information content (AvgIpc) is 0.600. The van der Waals surface area contributed by atoms with Crippen molar-refractivity contribution in [3.8, 4) is 0 Å². The molecule has 8 heterocycles. The molecule has 8 fully saturated rings. The van der Waals surface area contributed by atoms with Gasteiger partial charge in [-0.2, -0.15) is 0 Å². The van der Waals surface area contributed by atoms with Crippen LogP contribution in [0, 0.1) is 16.2 Å². The van der Waals surface area contributed by atoms with Gasteiger partial charge in [-0.15, -0.1) is 0 Å². The second-order valence-corrected chi connectivity index (χ2v) is 36.7. The lowest BCUT2D eigenvalue weighted by Crippen LogP contribution is -2.96. The summed E-state index contributed by atoms with van der Waals surface area (Å²) in [6.07, 6.45) is 0. The topological polar surface area (TPSA) is 133 Å². The van der Waals surface area contributed by atoms with Gasteiger partial charge in [0.15, 0.2) is 5.60 Å². The van der Waals surface area contributed by atoms with Gasteiger partial charge in [-0.25, -0.2) is 0 Å². The van der Waals surface area contributed by atoms with Gasteiger partial charge < -0.3 is 19.7 Å². The smallest absolute Gasteiger partial charge is 0.346 e. The van der Waals surface area contributed by atoms with Crippen LogP contribution in [0.25, 0.3) is 0 Å². The van der Waals surface area contributed by atoms with Crippen molar-refractivity contribution < 1.29 is 56.3 Å². The summed E-state index contributed by atoms with van der Waals surface area (Å²) < 4.78 is 80.5. The summed E-state index contributed by atoms with van der Waals surface area (Å²) >= 11 is 0. The van der Waals surface area contributed by atoms with Crippen molar-refractivity contribution in [2.24, 2.45) is 16.2 Å². The molecule has 4 aromatic carbocycles. The zero-order valence-corrected chi connectivity index (χ0v) is 58.5. The van der Waals surface area contributed by atoms with Crippen LogP contribution in [-0.2, 0) is 107 Å². The Hall–Kier alpha value is -2.74. The Kier molecular flexibility index (Phi) is 14.7. The van der Waals surface area contributed by atoms with E-state index >= 15 is 0 Å². The van der Waals surface area contributed by atoms with Crippen LogP contribution in [0.5, 0.6) is 0 Å². The second-order valence-electron chi connectivity index (χ2n) is 34.7. The summed E-state index contributed by atoms with van der Waals surface area (Å²) in [5.74, 6) is -11.5. The van der Waals surface area contributed by atoms with Crippen LogP contribution in [0.4, 0.5) is 0 Å². The molecule has 8 aliphatic rings. The molecule has 5 bridgehead atoms. The minimum absolute atomic E-state index is 0.438. The van der Waals surface area contributed by atoms with E-state index in [1.54, 1.807) is 0 Å². The summed E-state index contributed by atoms with van der Waals surface area (Å²) in [4.78, 5) is 0. The van der Waals surface area contributed by atoms with E-state index in [0.29, 0.717) is 5.56 Å². The van der Waals surface area contributed by atoms with Gasteiger partial charge >= 0.3 is 35.1 Å². The van der Waals surface area contributed by atoms with Crippen molar-refractivity contribution >= 4 is 17.2 Å². The first-order valence-corrected chi connectivity index (χ1v) is 33.0. The molecule has 4 unspecified atom stereocenters. The first kappa shape index (κ1) is 65.2. The van der Waals surface area contributed by atoms with Gasteiger partial charge in [-0.1, -0.05) is 253 Å². The van der Waals surface area contributed by atoms with Gasteiger partial charge in [0.05, 0.1) is 18.6 Å². The maximum atomic E-state index is 13.1. The predicted octanol–water partition coefficient (Wildman–Crippen LogP) is 17.7. The van der Waals surface area contributed by atoms with Crippen molar-refractivity contribution in [2.75, 3.05) is 13.2 Å². The van der Waals surface area contributed by atoms with Crippen molar-refractivity contribution in [3.63, 3.8) is 0 Å². The van der Waals surface area contributed by atoms with Gasteiger partial charge in [0, 0.05) is 16.5 Å². The Morgan fingerprint density at radius 1 is 0.318 bits per heavy atom. The van der Waals surface area contributed by atoms with Crippen molar-refractivity contribution in [2.45, 2.75) is 272 Å². The molecule has 8 saturated heterocycles. The Bertz CT molecular complexity index is 3080. The van der Waals surface area contributed by atoms with Gasteiger partial charge in [0.2, 0.25) is 17.0 Å². The Morgan fingerprint density at radius 3 is 0.871 bits per heavy atom. The SMILES string of the molecule is CC(C)(C)c1cccc(C(C)(C)C)c1C1(C(C)(C)CO)OC2(c3c(C(C)(C)C)cccc3C(C)(C)C)OP3OC4(O3)OC3(C(C)(C)CO)OP5OC(O5)(O3)C42C(c2c(C(C)(C)C)cccc2C(C)(C)C)(c2c(C(C)(C)C)cccc2C(C)(C)C)O1. The van der Waals surface area contributed by atoms with Crippen molar-refractivity contribution in [1.29, 1.82) is 0 Å². The molecule has 0 amide bonds. The first-order valence-electron chi connectivity index (χ1n) is 30.8. The summed E-state index contributed by atoms with van der Waals surface area (Å²) in [6.45, 7) is 60.5. The molecule has 0 saturated carbocycles. The molecule has 14 heteroatoms. The van der Waals surface area contributed by atoms with E-state index in [9.17, 15) is 14.9 Å². The largest absolute Gasteiger partial charge is 0.396 e. The molecule has 2 N–H and O–H groups in total. The van der Waals surface area contributed by atoms with E-state index in [1.165, 1.54) is 0 Å².